The van der Waals surface area contributed by atoms with Gasteiger partial charge >= 0.3 is 5.69 Å². The molecule has 0 aromatic carbocycles. The van der Waals surface area contributed by atoms with E-state index in [4.69, 9.17) is 5.84 Å². The molecule has 0 spiro atoms. The van der Waals surface area contributed by atoms with Crippen molar-refractivity contribution in [3.63, 3.8) is 0 Å². The first-order chi connectivity index (χ1) is 9.60. The molecule has 0 saturated carbocycles. The molecule has 20 heavy (non-hydrogen) atoms. The van der Waals surface area contributed by atoms with Crippen LogP contribution in [0.3, 0.4) is 0 Å². The SMILES string of the molecule is CC(Cc1cccs1)Nc1nc(NN)ncc1[N+](=O)[O-]. The van der Waals surface area contributed by atoms with Crippen LogP contribution in [-0.4, -0.2) is 20.9 Å². The van der Waals surface area contributed by atoms with Gasteiger partial charge in [0.05, 0.1) is 4.92 Å². The fourth-order valence-corrected chi connectivity index (χ4v) is 2.54. The summed E-state index contributed by atoms with van der Waals surface area (Å²) in [5.74, 6) is 5.50. The van der Waals surface area contributed by atoms with Crippen molar-refractivity contribution >= 4 is 28.8 Å². The lowest BCUT2D eigenvalue weighted by Crippen LogP contribution is -2.20. The summed E-state index contributed by atoms with van der Waals surface area (Å²) in [4.78, 5) is 19.3. The smallest absolute Gasteiger partial charge is 0.329 e. The Morgan fingerprint density at radius 2 is 2.40 bits per heavy atom. The van der Waals surface area contributed by atoms with Crippen LogP contribution in [0.4, 0.5) is 17.5 Å². The zero-order chi connectivity index (χ0) is 14.5. The third-order valence-corrected chi connectivity index (χ3v) is 3.46. The molecule has 8 nitrogen and oxygen atoms in total. The summed E-state index contributed by atoms with van der Waals surface area (Å²) in [7, 11) is 0. The van der Waals surface area contributed by atoms with Gasteiger partial charge in [0, 0.05) is 17.3 Å². The molecule has 9 heteroatoms. The molecule has 106 valence electrons. The number of nitrogens with one attached hydrogen (secondary N) is 2. The van der Waals surface area contributed by atoms with E-state index in [0.717, 1.165) is 12.6 Å². The standard InChI is InChI=1S/C11H14N6O2S/c1-7(5-8-3-2-4-20-8)14-10-9(17(18)19)6-13-11(15-10)16-12/h2-4,6-7H,5,12H2,1H3,(H2,13,14,15,16). The molecule has 0 bridgehead atoms. The highest BCUT2D eigenvalue weighted by molar-refractivity contribution is 7.09. The van der Waals surface area contributed by atoms with Crippen LogP contribution in [-0.2, 0) is 6.42 Å². The monoisotopic (exact) mass is 294 g/mol. The largest absolute Gasteiger partial charge is 0.361 e. The van der Waals surface area contributed by atoms with Crippen LogP contribution in [0, 0.1) is 10.1 Å². The van der Waals surface area contributed by atoms with Gasteiger partial charge in [0.25, 0.3) is 0 Å². The van der Waals surface area contributed by atoms with Gasteiger partial charge in [0.15, 0.2) is 0 Å². The summed E-state index contributed by atoms with van der Waals surface area (Å²) in [6.45, 7) is 1.93. The van der Waals surface area contributed by atoms with Gasteiger partial charge in [-0.1, -0.05) is 6.07 Å². The quantitative estimate of drug-likeness (QED) is 0.422. The molecular weight excluding hydrogens is 280 g/mol. The van der Waals surface area contributed by atoms with Crippen LogP contribution in [0.25, 0.3) is 0 Å². The number of thiophene rings is 1. The first-order valence-electron chi connectivity index (χ1n) is 5.87. The van der Waals surface area contributed by atoms with E-state index in [1.54, 1.807) is 11.3 Å². The first kappa shape index (κ1) is 14.2. The van der Waals surface area contributed by atoms with Crippen LogP contribution in [0.15, 0.2) is 23.7 Å². The lowest BCUT2D eigenvalue weighted by Gasteiger charge is -2.13. The second-order valence-electron chi connectivity index (χ2n) is 4.16. The van der Waals surface area contributed by atoms with Gasteiger partial charge in [-0.25, -0.2) is 10.8 Å². The fourth-order valence-electron chi connectivity index (χ4n) is 1.70. The molecule has 1 atom stereocenters. The molecule has 0 amide bonds. The lowest BCUT2D eigenvalue weighted by atomic mass is 10.2. The summed E-state index contributed by atoms with van der Waals surface area (Å²) in [5, 5.41) is 16.0. The second kappa shape index (κ2) is 6.26. The topological polar surface area (TPSA) is 119 Å². The molecule has 0 aliphatic heterocycles. The van der Waals surface area contributed by atoms with Gasteiger partial charge in [-0.2, -0.15) is 4.98 Å². The number of nitrogens with zero attached hydrogens (tertiary/aromatic N) is 3. The third-order valence-electron chi connectivity index (χ3n) is 2.57. The van der Waals surface area contributed by atoms with E-state index in [2.05, 4.69) is 20.7 Å². The number of hydrogen-bond donors (Lipinski definition) is 3. The Morgan fingerprint density at radius 1 is 1.60 bits per heavy atom. The molecule has 0 fully saturated rings. The van der Waals surface area contributed by atoms with E-state index in [0.29, 0.717) is 0 Å². The van der Waals surface area contributed by atoms with E-state index in [1.807, 2.05) is 24.4 Å². The Labute approximate surface area is 119 Å². The number of rotatable bonds is 6. The minimum atomic E-state index is -0.527. The average molecular weight is 294 g/mol. The maximum atomic E-state index is 11.0. The fraction of sp³-hybridized carbons (Fsp3) is 0.273. The molecule has 1 unspecified atom stereocenters. The Balaban J connectivity index is 2.16. The van der Waals surface area contributed by atoms with Gasteiger partial charge in [0.1, 0.15) is 6.20 Å². The van der Waals surface area contributed by atoms with Crippen molar-refractivity contribution in [1.82, 2.24) is 9.97 Å². The molecule has 0 aliphatic rings. The number of nitrogen functional groups attached to an aromatic ring is 1. The van der Waals surface area contributed by atoms with Crippen LogP contribution >= 0.6 is 11.3 Å². The number of nitrogens with two attached hydrogens (primary N) is 1. The Bertz CT molecular complexity index is 589. The van der Waals surface area contributed by atoms with Crippen molar-refractivity contribution in [1.29, 1.82) is 0 Å². The van der Waals surface area contributed by atoms with Crippen LogP contribution in [0.1, 0.15) is 11.8 Å². The minimum Gasteiger partial charge on any atom is -0.361 e. The number of hydrazine groups is 1. The van der Waals surface area contributed by atoms with E-state index in [-0.39, 0.29) is 23.5 Å². The normalized spacial score (nSPS) is 11.9. The summed E-state index contributed by atoms with van der Waals surface area (Å²) < 4.78 is 0. The second-order valence-corrected chi connectivity index (χ2v) is 5.19. The third kappa shape index (κ3) is 3.39. The van der Waals surface area contributed by atoms with Crippen molar-refractivity contribution in [2.45, 2.75) is 19.4 Å². The number of aromatic nitrogens is 2. The predicted octanol–water partition coefficient (Wildman–Crippen LogP) is 1.77. The average Bonchev–Trinajstić information content (AvgIpc) is 2.90. The number of hydrogen-bond acceptors (Lipinski definition) is 8. The Morgan fingerprint density at radius 3 is 3.00 bits per heavy atom. The van der Waals surface area contributed by atoms with Crippen molar-refractivity contribution < 1.29 is 4.92 Å². The maximum Gasteiger partial charge on any atom is 0.329 e. The molecular formula is C11H14N6O2S. The number of anilines is 2. The predicted molar refractivity (Wildman–Crippen MR) is 77.6 cm³/mol. The summed E-state index contributed by atoms with van der Waals surface area (Å²) >= 11 is 1.64. The van der Waals surface area contributed by atoms with Gasteiger partial charge in [-0.05, 0) is 18.4 Å². The van der Waals surface area contributed by atoms with Gasteiger partial charge in [0.2, 0.25) is 11.8 Å². The van der Waals surface area contributed by atoms with Crippen LogP contribution < -0.4 is 16.6 Å². The summed E-state index contributed by atoms with van der Waals surface area (Å²) in [6, 6.07) is 3.98. The van der Waals surface area contributed by atoms with Crippen LogP contribution in [0.2, 0.25) is 0 Å². The minimum absolute atomic E-state index is 0.00660. The molecule has 2 heterocycles. The first-order valence-corrected chi connectivity index (χ1v) is 6.75. The molecule has 2 aromatic heterocycles. The van der Waals surface area contributed by atoms with Gasteiger partial charge < -0.3 is 5.32 Å². The highest BCUT2D eigenvalue weighted by atomic mass is 32.1. The van der Waals surface area contributed by atoms with Crippen molar-refractivity contribution in [2.75, 3.05) is 10.7 Å². The lowest BCUT2D eigenvalue weighted by molar-refractivity contribution is -0.384. The van der Waals surface area contributed by atoms with E-state index >= 15 is 0 Å². The molecule has 2 aromatic rings. The molecule has 2 rings (SSSR count). The Hall–Kier alpha value is -2.26. The molecule has 0 aliphatic carbocycles. The molecule has 0 saturated heterocycles. The number of nitro groups is 1. The van der Waals surface area contributed by atoms with E-state index in [1.165, 1.54) is 4.88 Å². The van der Waals surface area contributed by atoms with E-state index < -0.39 is 4.92 Å². The van der Waals surface area contributed by atoms with Crippen LogP contribution in [0.5, 0.6) is 0 Å². The summed E-state index contributed by atoms with van der Waals surface area (Å²) in [5.41, 5.74) is 2.09. The van der Waals surface area contributed by atoms with Crippen molar-refractivity contribution in [3.8, 4) is 0 Å². The zero-order valence-electron chi connectivity index (χ0n) is 10.7. The Kier molecular flexibility index (Phi) is 4.43. The maximum absolute atomic E-state index is 11.0. The highest BCUT2D eigenvalue weighted by Crippen LogP contribution is 2.23. The van der Waals surface area contributed by atoms with Crippen molar-refractivity contribution in [3.05, 3.63) is 38.7 Å². The summed E-state index contributed by atoms with van der Waals surface area (Å²) in [6.07, 6.45) is 1.88. The van der Waals surface area contributed by atoms with Gasteiger partial charge in [-0.3, -0.25) is 15.5 Å². The van der Waals surface area contributed by atoms with Crippen molar-refractivity contribution in [2.24, 2.45) is 5.84 Å². The zero-order valence-corrected chi connectivity index (χ0v) is 11.6. The van der Waals surface area contributed by atoms with Gasteiger partial charge in [-0.15, -0.1) is 11.3 Å². The van der Waals surface area contributed by atoms with E-state index in [9.17, 15) is 10.1 Å². The molecule has 4 N–H and O–H groups in total. The molecule has 0 radical (unpaired) electrons. The highest BCUT2D eigenvalue weighted by Gasteiger charge is 2.19.